The molecule has 1 saturated heterocycles. The summed E-state index contributed by atoms with van der Waals surface area (Å²) in [5.74, 6) is 0.0314. The van der Waals surface area contributed by atoms with Gasteiger partial charge in [0, 0.05) is 17.3 Å². The fourth-order valence-corrected chi connectivity index (χ4v) is 4.34. The lowest BCUT2D eigenvalue weighted by Gasteiger charge is -2.26. The van der Waals surface area contributed by atoms with Gasteiger partial charge in [0.15, 0.2) is 0 Å². The van der Waals surface area contributed by atoms with Crippen LogP contribution in [0, 0.1) is 6.92 Å². The van der Waals surface area contributed by atoms with E-state index in [1.165, 1.54) is 4.90 Å². The Hall–Kier alpha value is -4.26. The molecule has 1 N–H and O–H groups in total. The quantitative estimate of drug-likeness (QED) is 0.259. The third-order valence-corrected chi connectivity index (χ3v) is 6.11. The summed E-state index contributed by atoms with van der Waals surface area (Å²) in [5, 5.41) is 11.4. The van der Waals surface area contributed by atoms with Gasteiger partial charge in [0.05, 0.1) is 32.4 Å². The van der Waals surface area contributed by atoms with Crippen molar-refractivity contribution in [3.05, 3.63) is 89.0 Å². The zero-order valence-corrected chi connectivity index (χ0v) is 20.8. The molecule has 0 bridgehead atoms. The topological polar surface area (TPSA) is 85.3 Å². The summed E-state index contributed by atoms with van der Waals surface area (Å²) in [6.07, 6.45) is 0.833. The lowest BCUT2D eigenvalue weighted by atomic mass is 9.93. The lowest BCUT2D eigenvalue weighted by molar-refractivity contribution is -0.132. The first-order chi connectivity index (χ1) is 17.4. The Morgan fingerprint density at radius 3 is 2.31 bits per heavy atom. The molecule has 1 fully saturated rings. The highest BCUT2D eigenvalue weighted by Gasteiger charge is 2.47. The molecule has 0 aromatic heterocycles. The summed E-state index contributed by atoms with van der Waals surface area (Å²) in [6, 6.07) is 18.5. The van der Waals surface area contributed by atoms with Crippen molar-refractivity contribution >= 4 is 23.1 Å². The minimum Gasteiger partial charge on any atom is -0.507 e. The molecule has 3 aromatic carbocycles. The molecule has 4 rings (SSSR count). The van der Waals surface area contributed by atoms with Gasteiger partial charge in [-0.2, -0.15) is 0 Å². The second-order valence-corrected chi connectivity index (χ2v) is 8.47. The predicted molar refractivity (Wildman–Crippen MR) is 138 cm³/mol. The van der Waals surface area contributed by atoms with Crippen molar-refractivity contribution in [2.75, 3.05) is 25.7 Å². The van der Waals surface area contributed by atoms with E-state index in [1.807, 2.05) is 13.8 Å². The number of carbonyl (C=O) groups excluding carboxylic acids is 2. The minimum atomic E-state index is -0.872. The number of methoxy groups -OCH3 is 2. The molecule has 186 valence electrons. The van der Waals surface area contributed by atoms with Crippen molar-refractivity contribution in [2.45, 2.75) is 26.3 Å². The summed E-state index contributed by atoms with van der Waals surface area (Å²) in [5.41, 5.74) is 2.27. The van der Waals surface area contributed by atoms with E-state index in [2.05, 4.69) is 0 Å². The van der Waals surface area contributed by atoms with E-state index in [4.69, 9.17) is 14.2 Å². The van der Waals surface area contributed by atoms with Gasteiger partial charge < -0.3 is 19.3 Å². The molecule has 1 unspecified atom stereocenters. The third-order valence-electron chi connectivity index (χ3n) is 6.11. The van der Waals surface area contributed by atoms with Crippen molar-refractivity contribution in [3.63, 3.8) is 0 Å². The first-order valence-corrected chi connectivity index (χ1v) is 11.7. The predicted octanol–water partition coefficient (Wildman–Crippen LogP) is 5.43. The van der Waals surface area contributed by atoms with Gasteiger partial charge in [-0.3, -0.25) is 14.5 Å². The summed E-state index contributed by atoms with van der Waals surface area (Å²) in [6.45, 7) is 4.34. The maximum atomic E-state index is 13.4. The molecule has 1 heterocycles. The molecule has 36 heavy (non-hydrogen) atoms. The number of nitrogens with zero attached hydrogens (tertiary/aromatic N) is 1. The number of carbonyl (C=O) groups is 2. The molecule has 7 heteroatoms. The zero-order valence-electron chi connectivity index (χ0n) is 20.8. The monoisotopic (exact) mass is 487 g/mol. The number of amides is 1. The highest BCUT2D eigenvalue weighted by Crippen LogP contribution is 2.44. The van der Waals surface area contributed by atoms with Crippen LogP contribution in [0.15, 0.2) is 72.3 Å². The van der Waals surface area contributed by atoms with Crippen LogP contribution < -0.4 is 19.1 Å². The minimum absolute atomic E-state index is 0.00130. The number of ketones is 1. The van der Waals surface area contributed by atoms with E-state index < -0.39 is 17.7 Å². The molecule has 7 nitrogen and oxygen atoms in total. The fourth-order valence-electron chi connectivity index (χ4n) is 4.34. The number of anilines is 1. The summed E-state index contributed by atoms with van der Waals surface area (Å²) in [7, 11) is 3.10. The molecule has 0 aliphatic carbocycles. The molecule has 3 aromatic rings. The first-order valence-electron chi connectivity index (χ1n) is 11.7. The van der Waals surface area contributed by atoms with Crippen molar-refractivity contribution < 1.29 is 28.9 Å². The van der Waals surface area contributed by atoms with Crippen LogP contribution >= 0.6 is 0 Å². The first kappa shape index (κ1) is 24.9. The van der Waals surface area contributed by atoms with Crippen LogP contribution in [0.5, 0.6) is 17.2 Å². The van der Waals surface area contributed by atoms with Gasteiger partial charge in [-0.1, -0.05) is 25.1 Å². The molecule has 0 spiro atoms. The fraction of sp³-hybridized carbons (Fsp3) is 0.241. The Kier molecular flexibility index (Phi) is 7.29. The molecular weight excluding hydrogens is 458 g/mol. The number of aliphatic hydroxyl groups is 1. The number of Topliss-reactive ketones (excluding diaryl/α,β-unsaturated/α-hetero) is 1. The van der Waals surface area contributed by atoms with Gasteiger partial charge in [0.25, 0.3) is 11.7 Å². The number of hydrogen-bond donors (Lipinski definition) is 1. The number of aliphatic hydroxyl groups excluding tert-OH is 1. The Morgan fingerprint density at radius 2 is 1.61 bits per heavy atom. The Labute approximate surface area is 210 Å². The molecule has 1 atom stereocenters. The molecule has 0 saturated carbocycles. The van der Waals surface area contributed by atoms with Gasteiger partial charge >= 0.3 is 0 Å². The smallest absolute Gasteiger partial charge is 0.300 e. The number of aryl methyl sites for hydroxylation is 1. The zero-order chi connectivity index (χ0) is 25.8. The SMILES string of the molecule is CCCOc1cccc(N2C(=O)C(=O)/C(=C(\O)c3ccc(OC)cc3C)C2c2cccc(OC)c2)c1. The number of hydrogen-bond acceptors (Lipinski definition) is 6. The highest BCUT2D eigenvalue weighted by molar-refractivity contribution is 6.51. The van der Waals surface area contributed by atoms with E-state index in [0.29, 0.717) is 46.2 Å². The summed E-state index contributed by atoms with van der Waals surface area (Å²) >= 11 is 0. The second kappa shape index (κ2) is 10.6. The van der Waals surface area contributed by atoms with Crippen molar-refractivity contribution in [1.29, 1.82) is 0 Å². The second-order valence-electron chi connectivity index (χ2n) is 8.47. The number of ether oxygens (including phenoxy) is 3. The van der Waals surface area contributed by atoms with E-state index in [1.54, 1.807) is 80.9 Å². The highest BCUT2D eigenvalue weighted by atomic mass is 16.5. The van der Waals surface area contributed by atoms with Gasteiger partial charge in [-0.25, -0.2) is 0 Å². The van der Waals surface area contributed by atoms with Crippen LogP contribution in [-0.4, -0.2) is 37.6 Å². The van der Waals surface area contributed by atoms with E-state index in [0.717, 1.165) is 6.42 Å². The van der Waals surface area contributed by atoms with E-state index in [9.17, 15) is 14.7 Å². The molecular formula is C29H29NO6. The Bertz CT molecular complexity index is 1330. The average molecular weight is 488 g/mol. The molecule has 1 aliphatic heterocycles. The van der Waals surface area contributed by atoms with Crippen molar-refractivity contribution in [2.24, 2.45) is 0 Å². The van der Waals surface area contributed by atoms with Crippen LogP contribution in [0.2, 0.25) is 0 Å². The van der Waals surface area contributed by atoms with Gasteiger partial charge in [0.1, 0.15) is 23.0 Å². The van der Waals surface area contributed by atoms with Gasteiger partial charge in [-0.15, -0.1) is 0 Å². The third kappa shape index (κ3) is 4.64. The largest absolute Gasteiger partial charge is 0.507 e. The lowest BCUT2D eigenvalue weighted by Crippen LogP contribution is -2.29. The molecule has 1 amide bonds. The van der Waals surface area contributed by atoms with Crippen LogP contribution in [0.25, 0.3) is 5.76 Å². The average Bonchev–Trinajstić information content (AvgIpc) is 3.17. The van der Waals surface area contributed by atoms with Crippen LogP contribution in [-0.2, 0) is 9.59 Å². The number of rotatable bonds is 8. The van der Waals surface area contributed by atoms with Crippen LogP contribution in [0.4, 0.5) is 5.69 Å². The Balaban J connectivity index is 1.92. The van der Waals surface area contributed by atoms with E-state index >= 15 is 0 Å². The maximum Gasteiger partial charge on any atom is 0.300 e. The standard InChI is InChI=1S/C29H29NO6/c1-5-14-36-23-11-7-9-20(17-23)30-26(19-8-6-10-21(16-19)34-3)25(28(32)29(30)33)27(31)24-13-12-22(35-4)15-18(24)2/h6-13,15-17,26,31H,5,14H2,1-4H3/b27-25-. The van der Waals surface area contributed by atoms with Gasteiger partial charge in [-0.05, 0) is 66.9 Å². The van der Waals surface area contributed by atoms with E-state index in [-0.39, 0.29) is 11.3 Å². The van der Waals surface area contributed by atoms with Gasteiger partial charge in [0.2, 0.25) is 0 Å². The van der Waals surface area contributed by atoms with Crippen molar-refractivity contribution in [1.82, 2.24) is 0 Å². The van der Waals surface area contributed by atoms with Crippen molar-refractivity contribution in [3.8, 4) is 17.2 Å². The van der Waals surface area contributed by atoms with Crippen LogP contribution in [0.1, 0.15) is 36.1 Å². The normalized spacial score (nSPS) is 16.8. The Morgan fingerprint density at radius 1 is 0.917 bits per heavy atom. The molecule has 0 radical (unpaired) electrons. The molecule has 1 aliphatic rings. The maximum absolute atomic E-state index is 13.4. The van der Waals surface area contributed by atoms with Crippen LogP contribution in [0.3, 0.4) is 0 Å². The number of benzene rings is 3. The summed E-state index contributed by atoms with van der Waals surface area (Å²) in [4.78, 5) is 28.3. The summed E-state index contributed by atoms with van der Waals surface area (Å²) < 4.78 is 16.4.